The van der Waals surface area contributed by atoms with Gasteiger partial charge < -0.3 is 10.8 Å². The average Bonchev–Trinajstić information content (AvgIpc) is 2.42. The lowest BCUT2D eigenvalue weighted by Crippen LogP contribution is -1.93. The van der Waals surface area contributed by atoms with Crippen LogP contribution in [0.2, 0.25) is 0 Å². The van der Waals surface area contributed by atoms with Gasteiger partial charge in [0.1, 0.15) is 5.75 Å². The molecule has 3 N–H and O–H groups in total. The van der Waals surface area contributed by atoms with E-state index < -0.39 is 0 Å². The summed E-state index contributed by atoms with van der Waals surface area (Å²) in [4.78, 5) is 7.78. The van der Waals surface area contributed by atoms with Crippen molar-refractivity contribution >= 4 is 16.9 Å². The quantitative estimate of drug-likeness (QED) is 0.632. The summed E-state index contributed by atoms with van der Waals surface area (Å²) in [7, 11) is 0. The highest BCUT2D eigenvalue weighted by Crippen LogP contribution is 2.17. The summed E-state index contributed by atoms with van der Waals surface area (Å²) in [5, 5.41) is 9.89. The number of rotatable bonds is 0. The van der Waals surface area contributed by atoms with E-state index in [-0.39, 0.29) is 11.7 Å². The minimum Gasteiger partial charge on any atom is -0.508 e. The summed E-state index contributed by atoms with van der Waals surface area (Å²) in [5.74, 6) is 0.448. The molecule has 4 nitrogen and oxygen atoms in total. The Balaban J connectivity index is 0.000000169. The molecule has 0 radical (unpaired) electrons. The summed E-state index contributed by atoms with van der Waals surface area (Å²) in [5.41, 5.74) is 6.11. The third kappa shape index (κ3) is 3.18. The Morgan fingerprint density at radius 1 is 0.944 bits per heavy atom. The van der Waals surface area contributed by atoms with E-state index >= 15 is 0 Å². The first-order valence-electron chi connectivity index (χ1n) is 5.47. The number of benzene rings is 2. The smallest absolute Gasteiger partial charge is 0.220 e. The molecule has 1 aromatic heterocycles. The molecule has 0 aliphatic carbocycles. The lowest BCUT2D eigenvalue weighted by Gasteiger charge is -1.97. The van der Waals surface area contributed by atoms with Crippen LogP contribution < -0.4 is 5.73 Å². The molecule has 2 aromatic carbocycles. The van der Waals surface area contributed by atoms with E-state index in [1.165, 1.54) is 0 Å². The van der Waals surface area contributed by atoms with Gasteiger partial charge in [0.25, 0.3) is 0 Å². The maximum atomic E-state index is 9.11. The van der Waals surface area contributed by atoms with Crippen molar-refractivity contribution in [2.45, 2.75) is 0 Å². The summed E-state index contributed by atoms with van der Waals surface area (Å²) in [6.07, 6.45) is 1.58. The SMILES string of the molecule is Nc1ncc2cc(O)ccc2n1.c1ccccc1. The van der Waals surface area contributed by atoms with E-state index in [0.717, 1.165) is 10.9 Å². The molecule has 0 saturated carbocycles. The van der Waals surface area contributed by atoms with Gasteiger partial charge >= 0.3 is 0 Å². The highest BCUT2D eigenvalue weighted by atomic mass is 16.3. The zero-order valence-corrected chi connectivity index (χ0v) is 9.69. The van der Waals surface area contributed by atoms with Crippen LogP contribution in [-0.4, -0.2) is 15.1 Å². The van der Waals surface area contributed by atoms with E-state index in [0.29, 0.717) is 0 Å². The van der Waals surface area contributed by atoms with Crippen LogP contribution >= 0.6 is 0 Å². The van der Waals surface area contributed by atoms with Crippen molar-refractivity contribution in [3.05, 3.63) is 60.8 Å². The number of aromatic hydroxyl groups is 1. The van der Waals surface area contributed by atoms with Crippen LogP contribution in [0.1, 0.15) is 0 Å². The van der Waals surface area contributed by atoms with Gasteiger partial charge in [0.05, 0.1) is 5.52 Å². The second-order valence-electron chi connectivity index (χ2n) is 3.63. The zero-order chi connectivity index (χ0) is 12.8. The van der Waals surface area contributed by atoms with E-state index in [1.54, 1.807) is 24.4 Å². The van der Waals surface area contributed by atoms with Gasteiger partial charge in [0, 0.05) is 11.6 Å². The minimum absolute atomic E-state index is 0.205. The highest BCUT2D eigenvalue weighted by Gasteiger charge is 1.96. The zero-order valence-electron chi connectivity index (χ0n) is 9.69. The van der Waals surface area contributed by atoms with Gasteiger partial charge in [-0.2, -0.15) is 0 Å². The lowest BCUT2D eigenvalue weighted by atomic mass is 10.2. The molecule has 0 aliphatic rings. The molecule has 90 valence electrons. The normalized spacial score (nSPS) is 9.56. The first-order valence-corrected chi connectivity index (χ1v) is 5.47. The molecule has 0 amide bonds. The number of hydrogen-bond donors (Lipinski definition) is 2. The molecule has 0 unspecified atom stereocenters. The first kappa shape index (κ1) is 11.9. The molecule has 4 heteroatoms. The number of nitrogens with two attached hydrogens (primary N) is 1. The van der Waals surface area contributed by atoms with Gasteiger partial charge in [-0.25, -0.2) is 9.97 Å². The topological polar surface area (TPSA) is 72.0 Å². The first-order chi connectivity index (χ1) is 8.75. The maximum absolute atomic E-state index is 9.11. The summed E-state index contributed by atoms with van der Waals surface area (Å²) in [6, 6.07) is 16.9. The van der Waals surface area contributed by atoms with Gasteiger partial charge in [-0.3, -0.25) is 0 Å². The van der Waals surface area contributed by atoms with Crippen molar-refractivity contribution in [3.8, 4) is 5.75 Å². The largest absolute Gasteiger partial charge is 0.508 e. The fourth-order valence-corrected chi connectivity index (χ4v) is 1.42. The van der Waals surface area contributed by atoms with Crippen molar-refractivity contribution in [2.75, 3.05) is 5.73 Å². The van der Waals surface area contributed by atoms with Gasteiger partial charge in [0.15, 0.2) is 0 Å². The molecule has 0 spiro atoms. The van der Waals surface area contributed by atoms with Crippen molar-refractivity contribution < 1.29 is 5.11 Å². The third-order valence-corrected chi connectivity index (χ3v) is 2.25. The molecular formula is C14H13N3O. The van der Waals surface area contributed by atoms with Gasteiger partial charge in [-0.1, -0.05) is 36.4 Å². The number of phenolic OH excluding ortho intramolecular Hbond substituents is 1. The number of fused-ring (bicyclic) bond motifs is 1. The van der Waals surface area contributed by atoms with Crippen LogP contribution in [0, 0.1) is 0 Å². The van der Waals surface area contributed by atoms with Crippen molar-refractivity contribution in [1.82, 2.24) is 9.97 Å². The van der Waals surface area contributed by atoms with Gasteiger partial charge in [-0.15, -0.1) is 0 Å². The van der Waals surface area contributed by atoms with E-state index in [4.69, 9.17) is 10.8 Å². The maximum Gasteiger partial charge on any atom is 0.220 e. The molecule has 0 bridgehead atoms. The monoisotopic (exact) mass is 239 g/mol. The fourth-order valence-electron chi connectivity index (χ4n) is 1.42. The Bertz CT molecular complexity index is 558. The number of nitrogen functional groups attached to an aromatic ring is 1. The minimum atomic E-state index is 0.205. The van der Waals surface area contributed by atoms with Gasteiger partial charge in [-0.05, 0) is 18.2 Å². The Labute approximate surface area is 105 Å². The molecule has 3 aromatic rings. The molecular weight excluding hydrogens is 226 g/mol. The number of nitrogens with zero attached hydrogens (tertiary/aromatic N) is 2. The number of hydrogen-bond acceptors (Lipinski definition) is 4. The molecule has 3 rings (SSSR count). The summed E-state index contributed by atoms with van der Waals surface area (Å²) >= 11 is 0. The highest BCUT2D eigenvalue weighted by molar-refractivity contribution is 5.79. The summed E-state index contributed by atoms with van der Waals surface area (Å²) < 4.78 is 0. The molecule has 1 heterocycles. The number of phenols is 1. The molecule has 0 atom stereocenters. The third-order valence-electron chi connectivity index (χ3n) is 2.25. The van der Waals surface area contributed by atoms with Crippen molar-refractivity contribution in [1.29, 1.82) is 0 Å². The summed E-state index contributed by atoms with van der Waals surface area (Å²) in [6.45, 7) is 0. The molecule has 0 aliphatic heterocycles. The molecule has 0 fully saturated rings. The van der Waals surface area contributed by atoms with E-state index in [2.05, 4.69) is 9.97 Å². The predicted molar refractivity (Wildman–Crippen MR) is 72.1 cm³/mol. The van der Waals surface area contributed by atoms with E-state index in [9.17, 15) is 0 Å². The lowest BCUT2D eigenvalue weighted by molar-refractivity contribution is 0.476. The Morgan fingerprint density at radius 2 is 1.56 bits per heavy atom. The average molecular weight is 239 g/mol. The second kappa shape index (κ2) is 5.63. The van der Waals surface area contributed by atoms with Crippen LogP contribution in [0.5, 0.6) is 5.75 Å². The van der Waals surface area contributed by atoms with Crippen LogP contribution in [0.15, 0.2) is 60.8 Å². The Hall–Kier alpha value is -2.62. The van der Waals surface area contributed by atoms with Crippen LogP contribution in [0.25, 0.3) is 10.9 Å². The predicted octanol–water partition coefficient (Wildman–Crippen LogP) is 2.60. The van der Waals surface area contributed by atoms with Crippen LogP contribution in [0.4, 0.5) is 5.95 Å². The van der Waals surface area contributed by atoms with Crippen LogP contribution in [0.3, 0.4) is 0 Å². The van der Waals surface area contributed by atoms with Crippen LogP contribution in [-0.2, 0) is 0 Å². The second-order valence-corrected chi connectivity index (χ2v) is 3.63. The van der Waals surface area contributed by atoms with E-state index in [1.807, 2.05) is 36.4 Å². The standard InChI is InChI=1S/C8H7N3O.C6H6/c9-8-10-4-5-3-6(12)1-2-7(5)11-8;1-2-4-6-5-3-1/h1-4,12H,(H2,9,10,11);1-6H. The molecule has 18 heavy (non-hydrogen) atoms. The number of anilines is 1. The molecule has 0 saturated heterocycles. The Morgan fingerprint density at radius 3 is 2.17 bits per heavy atom. The van der Waals surface area contributed by atoms with Crippen molar-refractivity contribution in [2.24, 2.45) is 0 Å². The fraction of sp³-hybridized carbons (Fsp3) is 0. The Kier molecular flexibility index (Phi) is 3.71. The van der Waals surface area contributed by atoms with Crippen molar-refractivity contribution in [3.63, 3.8) is 0 Å². The van der Waals surface area contributed by atoms with Gasteiger partial charge in [0.2, 0.25) is 5.95 Å². The number of aromatic nitrogens is 2.